The summed E-state index contributed by atoms with van der Waals surface area (Å²) in [6.07, 6.45) is 3.02. The second-order valence-electron chi connectivity index (χ2n) is 10.7. The number of hydrogen-bond donors (Lipinski definition) is 1. The normalized spacial score (nSPS) is 13.7. The SMILES string of the molecule is CCNCc1ccc(-c2cc3nccc(Oc4ccc(CC(=O)C5(C(=O)Cc6ccccc6)CC5)cc4F)c3s2)cc1. The fourth-order valence-corrected chi connectivity index (χ4v) is 6.26. The van der Waals surface area contributed by atoms with Gasteiger partial charge in [-0.05, 0) is 59.8 Å². The van der Waals surface area contributed by atoms with Gasteiger partial charge in [-0.25, -0.2) is 4.39 Å². The molecule has 5 aromatic rings. The van der Waals surface area contributed by atoms with Crippen molar-refractivity contribution in [1.29, 1.82) is 0 Å². The molecule has 5 nitrogen and oxygen atoms in total. The number of carbonyl (C=O) groups is 2. The molecule has 42 heavy (non-hydrogen) atoms. The Bertz CT molecular complexity index is 1740. The van der Waals surface area contributed by atoms with Crippen molar-refractivity contribution in [2.75, 3.05) is 6.54 Å². The summed E-state index contributed by atoms with van der Waals surface area (Å²) < 4.78 is 22.1. The van der Waals surface area contributed by atoms with Crippen molar-refractivity contribution < 1.29 is 18.7 Å². The highest BCUT2D eigenvalue weighted by Crippen LogP contribution is 2.49. The van der Waals surface area contributed by atoms with E-state index in [4.69, 9.17) is 4.74 Å². The van der Waals surface area contributed by atoms with Gasteiger partial charge in [-0.3, -0.25) is 14.6 Å². The van der Waals surface area contributed by atoms with E-state index < -0.39 is 11.2 Å². The van der Waals surface area contributed by atoms with Crippen molar-refractivity contribution in [2.24, 2.45) is 5.41 Å². The first kappa shape index (κ1) is 27.9. The number of benzene rings is 3. The van der Waals surface area contributed by atoms with Crippen molar-refractivity contribution in [1.82, 2.24) is 10.3 Å². The van der Waals surface area contributed by atoms with E-state index in [0.29, 0.717) is 24.2 Å². The number of thiophene rings is 1. The quantitative estimate of drug-likeness (QED) is 0.154. The molecular formula is C35H31FN2O3S. The highest BCUT2D eigenvalue weighted by atomic mass is 32.1. The van der Waals surface area contributed by atoms with Crippen molar-refractivity contribution in [3.8, 4) is 21.9 Å². The van der Waals surface area contributed by atoms with Crippen LogP contribution in [-0.2, 0) is 29.0 Å². The smallest absolute Gasteiger partial charge is 0.166 e. The number of nitrogens with zero attached hydrogens (tertiary/aromatic N) is 1. The van der Waals surface area contributed by atoms with Gasteiger partial charge in [0.05, 0.1) is 15.6 Å². The lowest BCUT2D eigenvalue weighted by Gasteiger charge is -2.14. The van der Waals surface area contributed by atoms with E-state index in [9.17, 15) is 9.59 Å². The average Bonchev–Trinajstić information content (AvgIpc) is 3.71. The molecule has 2 aromatic heterocycles. The van der Waals surface area contributed by atoms with Gasteiger partial charge in [-0.2, -0.15) is 0 Å². The van der Waals surface area contributed by atoms with Crippen LogP contribution in [0.5, 0.6) is 11.5 Å². The molecule has 0 amide bonds. The van der Waals surface area contributed by atoms with Gasteiger partial charge < -0.3 is 10.1 Å². The van der Waals surface area contributed by atoms with E-state index in [1.807, 2.05) is 36.4 Å². The molecule has 0 aliphatic heterocycles. The van der Waals surface area contributed by atoms with E-state index in [0.717, 1.165) is 39.3 Å². The lowest BCUT2D eigenvalue weighted by atomic mass is 9.88. The molecule has 0 bridgehead atoms. The molecule has 0 spiro atoms. The van der Waals surface area contributed by atoms with E-state index in [2.05, 4.69) is 41.5 Å². The van der Waals surface area contributed by atoms with Crippen molar-refractivity contribution >= 4 is 33.1 Å². The molecule has 0 atom stereocenters. The Labute approximate surface area is 248 Å². The minimum absolute atomic E-state index is 0.0127. The summed E-state index contributed by atoms with van der Waals surface area (Å²) in [5, 5.41) is 3.33. The summed E-state index contributed by atoms with van der Waals surface area (Å²) in [5.41, 5.74) is 3.57. The Hall–Kier alpha value is -4.20. The summed E-state index contributed by atoms with van der Waals surface area (Å²) in [4.78, 5) is 31.7. The molecule has 7 heteroatoms. The molecule has 1 aliphatic rings. The average molecular weight is 579 g/mol. The molecule has 1 fully saturated rings. The molecule has 1 aliphatic carbocycles. The number of ether oxygens (including phenoxy) is 1. The zero-order chi connectivity index (χ0) is 29.1. The second-order valence-corrected chi connectivity index (χ2v) is 11.8. The number of Topliss-reactive ketones (excluding diaryl/α,β-unsaturated/α-hetero) is 2. The number of fused-ring (bicyclic) bond motifs is 1. The first-order chi connectivity index (χ1) is 20.4. The second kappa shape index (κ2) is 12.0. The Balaban J connectivity index is 1.15. The number of carbonyl (C=O) groups excluding carboxylic acids is 2. The molecule has 0 saturated heterocycles. The molecule has 1 saturated carbocycles. The van der Waals surface area contributed by atoms with Gasteiger partial charge in [-0.15, -0.1) is 11.3 Å². The van der Waals surface area contributed by atoms with E-state index in [1.54, 1.807) is 35.7 Å². The summed E-state index contributed by atoms with van der Waals surface area (Å²) in [6, 6.07) is 26.2. The van der Waals surface area contributed by atoms with Crippen LogP contribution in [-0.4, -0.2) is 23.1 Å². The van der Waals surface area contributed by atoms with Crippen LogP contribution < -0.4 is 10.1 Å². The van der Waals surface area contributed by atoms with Gasteiger partial charge in [0.2, 0.25) is 0 Å². The highest BCUT2D eigenvalue weighted by molar-refractivity contribution is 7.22. The van der Waals surface area contributed by atoms with Crippen LogP contribution in [0.25, 0.3) is 20.7 Å². The molecule has 0 unspecified atom stereocenters. The Kier molecular flexibility index (Phi) is 7.96. The number of aromatic nitrogens is 1. The number of nitrogens with one attached hydrogen (secondary N) is 1. The molecule has 212 valence electrons. The first-order valence-electron chi connectivity index (χ1n) is 14.2. The number of rotatable bonds is 12. The topological polar surface area (TPSA) is 68.3 Å². The maximum Gasteiger partial charge on any atom is 0.166 e. The van der Waals surface area contributed by atoms with Crippen LogP contribution >= 0.6 is 11.3 Å². The van der Waals surface area contributed by atoms with Crippen molar-refractivity contribution in [3.63, 3.8) is 0 Å². The van der Waals surface area contributed by atoms with E-state index >= 15 is 4.39 Å². The third-order valence-electron chi connectivity index (χ3n) is 7.80. The van der Waals surface area contributed by atoms with Gasteiger partial charge in [0.1, 0.15) is 5.75 Å². The zero-order valence-corrected chi connectivity index (χ0v) is 24.2. The van der Waals surface area contributed by atoms with Gasteiger partial charge in [0.25, 0.3) is 0 Å². The Morgan fingerprint density at radius 2 is 1.60 bits per heavy atom. The summed E-state index contributed by atoms with van der Waals surface area (Å²) in [7, 11) is 0. The zero-order valence-electron chi connectivity index (χ0n) is 23.4. The van der Waals surface area contributed by atoms with Gasteiger partial charge in [-0.1, -0.05) is 67.6 Å². The summed E-state index contributed by atoms with van der Waals surface area (Å²) >= 11 is 1.55. The molecule has 6 rings (SSSR count). The van der Waals surface area contributed by atoms with Crippen molar-refractivity contribution in [2.45, 2.75) is 39.2 Å². The van der Waals surface area contributed by atoms with Crippen LogP contribution in [0.15, 0.2) is 91.1 Å². The molecule has 2 heterocycles. The Morgan fingerprint density at radius 1 is 0.881 bits per heavy atom. The van der Waals surface area contributed by atoms with Gasteiger partial charge >= 0.3 is 0 Å². The predicted octanol–water partition coefficient (Wildman–Crippen LogP) is 7.71. The molecular weight excluding hydrogens is 547 g/mol. The molecule has 0 radical (unpaired) electrons. The number of ketones is 2. The first-order valence-corrected chi connectivity index (χ1v) is 15.0. The van der Waals surface area contributed by atoms with E-state index in [1.165, 1.54) is 11.6 Å². The van der Waals surface area contributed by atoms with Crippen molar-refractivity contribution in [3.05, 3.63) is 114 Å². The van der Waals surface area contributed by atoms with Crippen LogP contribution in [0.1, 0.15) is 36.5 Å². The lowest BCUT2D eigenvalue weighted by molar-refractivity contribution is -0.133. The van der Waals surface area contributed by atoms with Gasteiger partial charge in [0, 0.05) is 36.5 Å². The van der Waals surface area contributed by atoms with Crippen LogP contribution in [0.3, 0.4) is 0 Å². The fourth-order valence-electron chi connectivity index (χ4n) is 5.19. The van der Waals surface area contributed by atoms with Crippen LogP contribution in [0, 0.1) is 11.2 Å². The standard InChI is InChI=1S/C35H31FN2O3S/c1-2-37-22-24-8-11-26(12-9-24)31-21-28-34(42-31)30(14-17-38-28)41-29-13-10-25(18-27(29)36)20-33(40)35(15-16-35)32(39)19-23-6-4-3-5-7-23/h3-14,17-18,21,37H,2,15-16,19-20,22H2,1H3. The minimum atomic E-state index is -0.937. The minimum Gasteiger partial charge on any atom is -0.453 e. The largest absolute Gasteiger partial charge is 0.453 e. The summed E-state index contributed by atoms with van der Waals surface area (Å²) in [5.74, 6) is -0.165. The third-order valence-corrected chi connectivity index (χ3v) is 8.99. The Morgan fingerprint density at radius 3 is 2.29 bits per heavy atom. The lowest BCUT2D eigenvalue weighted by Crippen LogP contribution is -2.28. The monoisotopic (exact) mass is 578 g/mol. The predicted molar refractivity (Wildman–Crippen MR) is 164 cm³/mol. The highest BCUT2D eigenvalue weighted by Gasteiger charge is 2.54. The summed E-state index contributed by atoms with van der Waals surface area (Å²) in [6.45, 7) is 3.83. The number of hydrogen-bond acceptors (Lipinski definition) is 6. The van der Waals surface area contributed by atoms with Crippen LogP contribution in [0.2, 0.25) is 0 Å². The maximum atomic E-state index is 15.2. The molecule has 3 aromatic carbocycles. The maximum absolute atomic E-state index is 15.2. The van der Waals surface area contributed by atoms with E-state index in [-0.39, 0.29) is 30.2 Å². The third kappa shape index (κ3) is 5.89. The fraction of sp³-hybridized carbons (Fsp3) is 0.229. The number of pyridine rings is 1. The molecule has 1 N–H and O–H groups in total. The van der Waals surface area contributed by atoms with Crippen LogP contribution in [0.4, 0.5) is 4.39 Å². The number of halogens is 1. The van der Waals surface area contributed by atoms with Gasteiger partial charge in [0.15, 0.2) is 23.1 Å².